The summed E-state index contributed by atoms with van der Waals surface area (Å²) in [5.74, 6) is 1.20. The van der Waals surface area contributed by atoms with Crippen molar-refractivity contribution in [3.05, 3.63) is 60.2 Å². The predicted molar refractivity (Wildman–Crippen MR) is 96.5 cm³/mol. The van der Waals surface area contributed by atoms with Gasteiger partial charge in [0.2, 0.25) is 0 Å². The summed E-state index contributed by atoms with van der Waals surface area (Å²) in [6.45, 7) is 2.13. The number of rotatable bonds is 7. The fourth-order valence-electron chi connectivity index (χ4n) is 1.99. The van der Waals surface area contributed by atoms with Gasteiger partial charge in [0.25, 0.3) is 0 Å². The Kier molecular flexibility index (Phi) is 6.75. The first-order valence-corrected chi connectivity index (χ1v) is 8.32. The van der Waals surface area contributed by atoms with Gasteiger partial charge in [0.15, 0.2) is 0 Å². The van der Waals surface area contributed by atoms with Crippen molar-refractivity contribution in [1.82, 2.24) is 0 Å². The minimum Gasteiger partial charge on any atom is -0.497 e. The molecule has 5 heteroatoms. The molecule has 0 aliphatic rings. The fourth-order valence-corrected chi connectivity index (χ4v) is 2.92. The van der Waals surface area contributed by atoms with Gasteiger partial charge in [-0.25, -0.2) is 4.79 Å². The molecule has 0 fully saturated rings. The second-order valence-corrected chi connectivity index (χ2v) is 5.88. The highest BCUT2D eigenvalue weighted by molar-refractivity contribution is 8.08. The van der Waals surface area contributed by atoms with Crippen LogP contribution in [0.5, 0.6) is 11.5 Å². The van der Waals surface area contributed by atoms with Gasteiger partial charge in [-0.2, -0.15) is 0 Å². The normalized spacial score (nSPS) is 11.0. The highest BCUT2D eigenvalue weighted by Crippen LogP contribution is 2.35. The molecule has 0 heterocycles. The van der Waals surface area contributed by atoms with Gasteiger partial charge < -0.3 is 14.2 Å². The van der Waals surface area contributed by atoms with Gasteiger partial charge in [0.1, 0.15) is 11.5 Å². The van der Waals surface area contributed by atoms with Crippen LogP contribution in [0, 0.1) is 0 Å². The fraction of sp³-hybridized carbons (Fsp3) is 0.211. The third kappa shape index (κ3) is 5.06. The molecule has 0 aliphatic heterocycles. The molecule has 0 saturated heterocycles. The molecule has 126 valence electrons. The monoisotopic (exact) mass is 344 g/mol. The average Bonchev–Trinajstić information content (AvgIpc) is 2.62. The number of thioether (sulfide) groups is 1. The molecule has 2 aromatic rings. The van der Waals surface area contributed by atoms with Gasteiger partial charge in [-0.3, -0.25) is 0 Å². The first-order chi connectivity index (χ1) is 11.7. The Labute approximate surface area is 146 Å². The van der Waals surface area contributed by atoms with Gasteiger partial charge in [-0.1, -0.05) is 23.9 Å². The maximum Gasteiger partial charge on any atom is 0.331 e. The molecule has 2 aromatic carbocycles. The van der Waals surface area contributed by atoms with E-state index in [4.69, 9.17) is 14.2 Å². The van der Waals surface area contributed by atoms with Crippen molar-refractivity contribution in [2.24, 2.45) is 0 Å². The molecule has 0 bridgehead atoms. The predicted octanol–water partition coefficient (Wildman–Crippen LogP) is 4.40. The van der Waals surface area contributed by atoms with Gasteiger partial charge in [0, 0.05) is 15.9 Å². The van der Waals surface area contributed by atoms with Gasteiger partial charge in [-0.05, 0) is 48.9 Å². The van der Waals surface area contributed by atoms with Gasteiger partial charge in [-0.15, -0.1) is 0 Å². The van der Waals surface area contributed by atoms with Crippen LogP contribution in [0.1, 0.15) is 12.5 Å². The van der Waals surface area contributed by atoms with Crippen molar-refractivity contribution < 1.29 is 19.0 Å². The van der Waals surface area contributed by atoms with Crippen LogP contribution in [-0.2, 0) is 9.53 Å². The summed E-state index contributed by atoms with van der Waals surface area (Å²) in [6.07, 6.45) is 1.51. The molecule has 2 rings (SSSR count). The highest BCUT2D eigenvalue weighted by atomic mass is 32.2. The van der Waals surface area contributed by atoms with Gasteiger partial charge >= 0.3 is 5.97 Å². The number of esters is 1. The Hall–Kier alpha value is -2.40. The molecule has 0 aliphatic carbocycles. The minimum absolute atomic E-state index is 0.346. The Balaban J connectivity index is 2.28. The number of hydrogen-bond acceptors (Lipinski definition) is 5. The van der Waals surface area contributed by atoms with Crippen LogP contribution in [0.3, 0.4) is 0 Å². The Morgan fingerprint density at radius 2 is 1.50 bits per heavy atom. The third-order valence-corrected chi connectivity index (χ3v) is 4.28. The van der Waals surface area contributed by atoms with Crippen LogP contribution in [0.2, 0.25) is 0 Å². The smallest absolute Gasteiger partial charge is 0.331 e. The Morgan fingerprint density at radius 1 is 0.958 bits per heavy atom. The topological polar surface area (TPSA) is 44.8 Å². The zero-order valence-electron chi connectivity index (χ0n) is 13.9. The number of methoxy groups -OCH3 is 2. The number of hydrogen-bond donors (Lipinski definition) is 0. The van der Waals surface area contributed by atoms with Crippen LogP contribution in [0.15, 0.2) is 59.5 Å². The van der Waals surface area contributed by atoms with E-state index in [1.54, 1.807) is 21.1 Å². The molecule has 0 radical (unpaired) electrons. The maximum atomic E-state index is 11.9. The minimum atomic E-state index is -0.357. The lowest BCUT2D eigenvalue weighted by molar-refractivity contribution is -0.137. The third-order valence-electron chi connectivity index (χ3n) is 3.20. The maximum absolute atomic E-state index is 11.9. The molecule has 0 N–H and O–H groups in total. The first-order valence-electron chi connectivity index (χ1n) is 7.51. The first kappa shape index (κ1) is 17.9. The van der Waals surface area contributed by atoms with Crippen LogP contribution in [0.25, 0.3) is 4.91 Å². The summed E-state index contributed by atoms with van der Waals surface area (Å²) in [6, 6.07) is 15.2. The zero-order valence-corrected chi connectivity index (χ0v) is 14.8. The second kappa shape index (κ2) is 9.03. The molecule has 0 amide bonds. The molecule has 0 unspecified atom stereocenters. The van der Waals surface area contributed by atoms with Crippen molar-refractivity contribution in [2.45, 2.75) is 11.8 Å². The number of carbonyl (C=O) groups excluding carboxylic acids is 1. The summed E-state index contributed by atoms with van der Waals surface area (Å²) >= 11 is 1.49. The summed E-state index contributed by atoms with van der Waals surface area (Å²) in [7, 11) is 3.25. The highest BCUT2D eigenvalue weighted by Gasteiger charge is 2.09. The number of carbonyl (C=O) groups is 1. The largest absolute Gasteiger partial charge is 0.497 e. The van der Waals surface area contributed by atoms with Crippen molar-refractivity contribution in [1.29, 1.82) is 0 Å². The van der Waals surface area contributed by atoms with Crippen LogP contribution in [0.4, 0.5) is 0 Å². The van der Waals surface area contributed by atoms with Crippen molar-refractivity contribution >= 4 is 22.6 Å². The van der Waals surface area contributed by atoms with Crippen LogP contribution >= 0.6 is 11.8 Å². The summed E-state index contributed by atoms with van der Waals surface area (Å²) in [5.41, 5.74) is 0.921. The van der Waals surface area contributed by atoms with E-state index >= 15 is 0 Å². The summed E-state index contributed by atoms with van der Waals surface area (Å²) in [4.78, 5) is 13.7. The van der Waals surface area contributed by atoms with E-state index in [-0.39, 0.29) is 5.97 Å². The van der Waals surface area contributed by atoms with Crippen LogP contribution in [-0.4, -0.2) is 26.8 Å². The lowest BCUT2D eigenvalue weighted by Crippen LogP contribution is -2.00. The molecular formula is C19H20O4S. The van der Waals surface area contributed by atoms with E-state index in [1.165, 1.54) is 17.8 Å². The van der Waals surface area contributed by atoms with Gasteiger partial charge in [0.05, 0.1) is 20.8 Å². The van der Waals surface area contributed by atoms with Crippen molar-refractivity contribution in [3.8, 4) is 11.5 Å². The Morgan fingerprint density at radius 3 is 2.00 bits per heavy atom. The molecule has 4 nitrogen and oxygen atoms in total. The van der Waals surface area contributed by atoms with E-state index < -0.39 is 0 Å². The lowest BCUT2D eigenvalue weighted by Gasteiger charge is -2.09. The summed E-state index contributed by atoms with van der Waals surface area (Å²) in [5, 5.41) is 0. The quantitative estimate of drug-likeness (QED) is 0.423. The van der Waals surface area contributed by atoms with Crippen LogP contribution < -0.4 is 9.47 Å². The standard InChI is InChI=1S/C19H20O4S/c1-4-23-19(20)13-18(14-5-7-15(21-2)8-6-14)24-17-11-9-16(22-3)10-12-17/h5-13H,4H2,1-3H3/b18-13+. The second-order valence-electron chi connectivity index (χ2n) is 4.77. The molecular weight excluding hydrogens is 324 g/mol. The van der Waals surface area contributed by atoms with E-state index in [2.05, 4.69) is 0 Å². The Bertz CT molecular complexity index is 690. The van der Waals surface area contributed by atoms with E-state index in [0.717, 1.165) is 26.9 Å². The zero-order chi connectivity index (χ0) is 17.4. The van der Waals surface area contributed by atoms with E-state index in [1.807, 2.05) is 48.5 Å². The number of ether oxygens (including phenoxy) is 3. The number of benzene rings is 2. The average molecular weight is 344 g/mol. The van der Waals surface area contributed by atoms with Crippen molar-refractivity contribution in [2.75, 3.05) is 20.8 Å². The lowest BCUT2D eigenvalue weighted by atomic mass is 10.2. The summed E-state index contributed by atoms with van der Waals surface area (Å²) < 4.78 is 15.4. The SMILES string of the molecule is CCOC(=O)/C=C(/Sc1ccc(OC)cc1)c1ccc(OC)cc1. The van der Waals surface area contributed by atoms with E-state index in [9.17, 15) is 4.79 Å². The molecule has 0 saturated carbocycles. The molecule has 0 aromatic heterocycles. The van der Waals surface area contributed by atoms with E-state index in [0.29, 0.717) is 6.61 Å². The van der Waals surface area contributed by atoms with Crippen molar-refractivity contribution in [3.63, 3.8) is 0 Å². The molecule has 0 atom stereocenters. The molecule has 0 spiro atoms. The molecule has 24 heavy (non-hydrogen) atoms.